The second kappa shape index (κ2) is 6.32. The van der Waals surface area contributed by atoms with Gasteiger partial charge in [-0.25, -0.2) is 0 Å². The van der Waals surface area contributed by atoms with Crippen molar-refractivity contribution in [1.82, 2.24) is 4.90 Å². The van der Waals surface area contributed by atoms with Crippen LogP contribution in [0.5, 0.6) is 17.2 Å². The van der Waals surface area contributed by atoms with Crippen molar-refractivity contribution >= 4 is 17.2 Å². The number of hydrogen-bond donors (Lipinski definition) is 1. The molecule has 0 fully saturated rings. The first-order valence-electron chi connectivity index (χ1n) is 8.76. The normalized spacial score (nSPS) is 17.6. The monoisotopic (exact) mass is 379 g/mol. The van der Waals surface area contributed by atoms with Crippen LogP contribution >= 0.6 is 11.3 Å². The van der Waals surface area contributed by atoms with E-state index in [0.717, 1.165) is 17.7 Å². The van der Waals surface area contributed by atoms with Crippen molar-refractivity contribution in [3.05, 3.63) is 75.5 Å². The van der Waals surface area contributed by atoms with Crippen LogP contribution in [0, 0.1) is 0 Å². The summed E-state index contributed by atoms with van der Waals surface area (Å²) in [6, 6.07) is 14.3. The number of carbonyl (C=O) groups excluding carboxylic acids is 1. The van der Waals surface area contributed by atoms with Gasteiger partial charge in [-0.05, 0) is 65.4 Å². The third-order valence-electron chi connectivity index (χ3n) is 5.05. The number of rotatable bonds is 2. The fourth-order valence-corrected chi connectivity index (χ4v) is 4.80. The van der Waals surface area contributed by atoms with E-state index in [9.17, 15) is 9.90 Å². The molecule has 1 N–H and O–H groups in total. The van der Waals surface area contributed by atoms with Crippen molar-refractivity contribution in [2.24, 2.45) is 0 Å². The molecule has 0 aliphatic carbocycles. The summed E-state index contributed by atoms with van der Waals surface area (Å²) >= 11 is 1.67. The molecule has 0 spiro atoms. The predicted octanol–water partition coefficient (Wildman–Crippen LogP) is 3.97. The van der Waals surface area contributed by atoms with E-state index in [-0.39, 0.29) is 24.5 Å². The lowest BCUT2D eigenvalue weighted by atomic mass is 9.94. The molecule has 6 heteroatoms. The van der Waals surface area contributed by atoms with Gasteiger partial charge in [0.25, 0.3) is 5.91 Å². The smallest absolute Gasteiger partial charge is 0.254 e. The Hall–Kier alpha value is -2.99. The zero-order chi connectivity index (χ0) is 18.4. The highest BCUT2D eigenvalue weighted by molar-refractivity contribution is 7.10. The molecule has 0 radical (unpaired) electrons. The third kappa shape index (κ3) is 2.73. The summed E-state index contributed by atoms with van der Waals surface area (Å²) in [5.74, 6) is 1.56. The van der Waals surface area contributed by atoms with Gasteiger partial charge in [0, 0.05) is 17.0 Å². The first-order chi connectivity index (χ1) is 13.2. The van der Waals surface area contributed by atoms with Gasteiger partial charge in [0.15, 0.2) is 11.5 Å². The van der Waals surface area contributed by atoms with E-state index in [1.807, 2.05) is 23.1 Å². The number of carbonyl (C=O) groups is 1. The van der Waals surface area contributed by atoms with Gasteiger partial charge >= 0.3 is 0 Å². The average molecular weight is 379 g/mol. The van der Waals surface area contributed by atoms with E-state index in [1.165, 1.54) is 10.4 Å². The molecule has 1 unspecified atom stereocenters. The Kier molecular flexibility index (Phi) is 3.79. The van der Waals surface area contributed by atoms with Gasteiger partial charge in [0.2, 0.25) is 6.79 Å². The standard InChI is InChI=1S/C21H17NO4S/c23-16-4-1-14(2-5-16)21(24)22-9-7-13-8-10-27-20(13)19(22)15-3-6-17-18(11-15)26-12-25-17/h1-6,8,10-11,19,23H,7,9,12H2. The Balaban J connectivity index is 1.58. The van der Waals surface area contributed by atoms with Crippen LogP contribution in [-0.4, -0.2) is 29.3 Å². The molecule has 5 rings (SSSR count). The van der Waals surface area contributed by atoms with Crippen molar-refractivity contribution in [3.63, 3.8) is 0 Å². The Bertz CT molecular complexity index is 1010. The van der Waals surface area contributed by atoms with E-state index in [2.05, 4.69) is 11.4 Å². The van der Waals surface area contributed by atoms with Gasteiger partial charge in [0.05, 0.1) is 6.04 Å². The number of phenols is 1. The molecule has 1 atom stereocenters. The van der Waals surface area contributed by atoms with Gasteiger partial charge in [-0.1, -0.05) is 6.07 Å². The molecule has 3 heterocycles. The topological polar surface area (TPSA) is 59.0 Å². The molecule has 2 aliphatic rings. The van der Waals surface area contributed by atoms with Crippen molar-refractivity contribution < 1.29 is 19.4 Å². The van der Waals surface area contributed by atoms with Crippen LogP contribution in [0.4, 0.5) is 0 Å². The summed E-state index contributed by atoms with van der Waals surface area (Å²) in [7, 11) is 0. The van der Waals surface area contributed by atoms with E-state index in [4.69, 9.17) is 9.47 Å². The number of thiophene rings is 1. The van der Waals surface area contributed by atoms with Crippen molar-refractivity contribution in [3.8, 4) is 17.2 Å². The number of amides is 1. The van der Waals surface area contributed by atoms with Crippen LogP contribution in [0.1, 0.15) is 32.4 Å². The molecule has 1 amide bonds. The second-order valence-electron chi connectivity index (χ2n) is 6.62. The van der Waals surface area contributed by atoms with E-state index < -0.39 is 0 Å². The van der Waals surface area contributed by atoms with Gasteiger partial charge in [-0.15, -0.1) is 11.3 Å². The minimum Gasteiger partial charge on any atom is -0.508 e. The number of ether oxygens (including phenoxy) is 2. The van der Waals surface area contributed by atoms with Crippen LogP contribution < -0.4 is 9.47 Å². The molecule has 0 saturated carbocycles. The maximum absolute atomic E-state index is 13.3. The number of phenolic OH excluding ortho intramolecular Hbond substituents is 1. The molecular weight excluding hydrogens is 362 g/mol. The Morgan fingerprint density at radius 2 is 1.89 bits per heavy atom. The number of hydrogen-bond acceptors (Lipinski definition) is 5. The minimum absolute atomic E-state index is 0.0447. The van der Waals surface area contributed by atoms with E-state index in [1.54, 1.807) is 35.6 Å². The van der Waals surface area contributed by atoms with Gasteiger partial charge in [-0.2, -0.15) is 0 Å². The Morgan fingerprint density at radius 1 is 1.07 bits per heavy atom. The number of fused-ring (bicyclic) bond motifs is 2. The van der Waals surface area contributed by atoms with Crippen molar-refractivity contribution in [2.75, 3.05) is 13.3 Å². The largest absolute Gasteiger partial charge is 0.508 e. The molecule has 2 aromatic carbocycles. The molecule has 5 nitrogen and oxygen atoms in total. The molecule has 136 valence electrons. The first kappa shape index (κ1) is 16.2. The zero-order valence-corrected chi connectivity index (χ0v) is 15.2. The fourth-order valence-electron chi connectivity index (χ4n) is 3.71. The lowest BCUT2D eigenvalue weighted by Gasteiger charge is -2.36. The van der Waals surface area contributed by atoms with Crippen molar-refractivity contribution in [2.45, 2.75) is 12.5 Å². The molecular formula is C21H17NO4S. The average Bonchev–Trinajstić information content (AvgIpc) is 3.35. The minimum atomic E-state index is -0.162. The van der Waals surface area contributed by atoms with Crippen LogP contribution in [0.2, 0.25) is 0 Å². The number of aromatic hydroxyl groups is 1. The first-order valence-corrected chi connectivity index (χ1v) is 9.64. The summed E-state index contributed by atoms with van der Waals surface area (Å²) in [5.41, 5.74) is 2.87. The molecule has 2 aliphatic heterocycles. The SMILES string of the molecule is O=C(c1ccc(O)cc1)N1CCc2ccsc2C1c1ccc2c(c1)OCO2. The highest BCUT2D eigenvalue weighted by Crippen LogP contribution is 2.42. The van der Waals surface area contributed by atoms with Crippen LogP contribution in [0.15, 0.2) is 53.9 Å². The lowest BCUT2D eigenvalue weighted by Crippen LogP contribution is -2.40. The maximum atomic E-state index is 13.3. The summed E-state index contributed by atoms with van der Waals surface area (Å²) < 4.78 is 11.0. The molecule has 27 heavy (non-hydrogen) atoms. The quantitative estimate of drug-likeness (QED) is 0.732. The summed E-state index contributed by atoms with van der Waals surface area (Å²) in [6.45, 7) is 0.867. The predicted molar refractivity (Wildman–Crippen MR) is 102 cm³/mol. The molecule has 1 aromatic heterocycles. The van der Waals surface area contributed by atoms with Gasteiger partial charge in [0.1, 0.15) is 5.75 Å². The van der Waals surface area contributed by atoms with Crippen LogP contribution in [-0.2, 0) is 6.42 Å². The molecule has 0 bridgehead atoms. The second-order valence-corrected chi connectivity index (χ2v) is 7.57. The summed E-state index contributed by atoms with van der Waals surface area (Å²) in [5, 5.41) is 11.6. The van der Waals surface area contributed by atoms with E-state index >= 15 is 0 Å². The summed E-state index contributed by atoms with van der Waals surface area (Å²) in [4.78, 5) is 16.3. The molecule has 3 aromatic rings. The Morgan fingerprint density at radius 3 is 2.74 bits per heavy atom. The van der Waals surface area contributed by atoms with Crippen LogP contribution in [0.25, 0.3) is 0 Å². The van der Waals surface area contributed by atoms with Crippen LogP contribution in [0.3, 0.4) is 0 Å². The highest BCUT2D eigenvalue weighted by Gasteiger charge is 2.34. The Labute approximate surface area is 160 Å². The number of nitrogens with zero attached hydrogens (tertiary/aromatic N) is 1. The maximum Gasteiger partial charge on any atom is 0.254 e. The van der Waals surface area contributed by atoms with Crippen molar-refractivity contribution in [1.29, 1.82) is 0 Å². The lowest BCUT2D eigenvalue weighted by molar-refractivity contribution is 0.0698. The fraction of sp³-hybridized carbons (Fsp3) is 0.190. The molecule has 0 saturated heterocycles. The number of benzene rings is 2. The van der Waals surface area contributed by atoms with E-state index in [0.29, 0.717) is 17.9 Å². The zero-order valence-electron chi connectivity index (χ0n) is 14.4. The third-order valence-corrected chi connectivity index (χ3v) is 6.06. The highest BCUT2D eigenvalue weighted by atomic mass is 32.1. The summed E-state index contributed by atoms with van der Waals surface area (Å²) in [6.07, 6.45) is 0.837. The van der Waals surface area contributed by atoms with Gasteiger partial charge < -0.3 is 19.5 Å². The van der Waals surface area contributed by atoms with Gasteiger partial charge in [-0.3, -0.25) is 4.79 Å².